The van der Waals surface area contributed by atoms with E-state index in [9.17, 15) is 4.79 Å². The number of carbonyl (C=O) groups excluding carboxylic acids is 1. The number of hydrogen-bond donors (Lipinski definition) is 1. The highest BCUT2D eigenvalue weighted by Crippen LogP contribution is 2.15. The van der Waals surface area contributed by atoms with E-state index in [0.717, 1.165) is 4.47 Å². The van der Waals surface area contributed by atoms with Gasteiger partial charge in [0.25, 0.3) is 5.91 Å². The molecule has 0 spiro atoms. The van der Waals surface area contributed by atoms with Crippen molar-refractivity contribution < 1.29 is 9.53 Å². The number of benzene rings is 1. The molecule has 0 atom stereocenters. The van der Waals surface area contributed by atoms with E-state index in [1.54, 1.807) is 6.07 Å². The molecule has 0 saturated heterocycles. The maximum Gasteiger partial charge on any atom is 0.254 e. The third-order valence-electron chi connectivity index (χ3n) is 1.50. The van der Waals surface area contributed by atoms with Gasteiger partial charge in [0.1, 0.15) is 6.73 Å². The third kappa shape index (κ3) is 2.82. The van der Waals surface area contributed by atoms with Crippen molar-refractivity contribution in [3.63, 3.8) is 0 Å². The molecule has 0 heterocycles. The SMILES string of the molecule is COCNC(=O)c1ccccc1Br. The first-order valence-corrected chi connectivity index (χ1v) is 4.56. The highest BCUT2D eigenvalue weighted by molar-refractivity contribution is 9.10. The summed E-state index contributed by atoms with van der Waals surface area (Å²) in [7, 11) is 1.53. The molecule has 1 N–H and O–H groups in total. The van der Waals surface area contributed by atoms with Crippen LogP contribution in [-0.4, -0.2) is 19.7 Å². The molecule has 0 fully saturated rings. The molecule has 3 nitrogen and oxygen atoms in total. The zero-order valence-electron chi connectivity index (χ0n) is 7.21. The number of nitrogens with one attached hydrogen (secondary N) is 1. The smallest absolute Gasteiger partial charge is 0.254 e. The molecule has 0 unspecified atom stereocenters. The van der Waals surface area contributed by atoms with Crippen molar-refractivity contribution in [3.8, 4) is 0 Å². The van der Waals surface area contributed by atoms with Gasteiger partial charge in [-0.3, -0.25) is 4.79 Å². The molecule has 70 valence electrons. The molecule has 0 bridgehead atoms. The van der Waals surface area contributed by atoms with Gasteiger partial charge < -0.3 is 10.1 Å². The van der Waals surface area contributed by atoms with E-state index in [2.05, 4.69) is 21.2 Å². The molecule has 0 saturated carbocycles. The number of amides is 1. The van der Waals surface area contributed by atoms with Gasteiger partial charge in [0, 0.05) is 11.6 Å². The average molecular weight is 244 g/mol. The molecule has 0 aliphatic carbocycles. The molecule has 1 rings (SSSR count). The molecule has 1 amide bonds. The van der Waals surface area contributed by atoms with E-state index in [0.29, 0.717) is 5.56 Å². The van der Waals surface area contributed by atoms with Crippen LogP contribution in [0.5, 0.6) is 0 Å². The predicted octanol–water partition coefficient (Wildman–Crippen LogP) is 1.78. The van der Waals surface area contributed by atoms with Gasteiger partial charge in [0.05, 0.1) is 5.56 Å². The van der Waals surface area contributed by atoms with Gasteiger partial charge in [-0.25, -0.2) is 0 Å². The van der Waals surface area contributed by atoms with Crippen molar-refractivity contribution in [2.75, 3.05) is 13.8 Å². The molecule has 0 aliphatic rings. The number of rotatable bonds is 3. The summed E-state index contributed by atoms with van der Waals surface area (Å²) in [6.45, 7) is 0.222. The number of ether oxygens (including phenoxy) is 1. The van der Waals surface area contributed by atoms with E-state index in [1.807, 2.05) is 18.2 Å². The van der Waals surface area contributed by atoms with Crippen molar-refractivity contribution >= 4 is 21.8 Å². The van der Waals surface area contributed by atoms with Crippen molar-refractivity contribution in [2.24, 2.45) is 0 Å². The van der Waals surface area contributed by atoms with Gasteiger partial charge in [0.15, 0.2) is 0 Å². The van der Waals surface area contributed by atoms with Crippen LogP contribution in [0, 0.1) is 0 Å². The first-order chi connectivity index (χ1) is 6.25. The zero-order valence-corrected chi connectivity index (χ0v) is 8.80. The minimum absolute atomic E-state index is 0.144. The Morgan fingerprint density at radius 2 is 2.23 bits per heavy atom. The lowest BCUT2D eigenvalue weighted by Gasteiger charge is -2.04. The van der Waals surface area contributed by atoms with E-state index in [1.165, 1.54) is 7.11 Å². The van der Waals surface area contributed by atoms with E-state index in [4.69, 9.17) is 4.74 Å². The predicted molar refractivity (Wildman–Crippen MR) is 53.5 cm³/mol. The minimum Gasteiger partial charge on any atom is -0.364 e. The number of hydrogen-bond acceptors (Lipinski definition) is 2. The minimum atomic E-state index is -0.144. The van der Waals surface area contributed by atoms with E-state index >= 15 is 0 Å². The Morgan fingerprint density at radius 3 is 2.85 bits per heavy atom. The lowest BCUT2D eigenvalue weighted by molar-refractivity contribution is 0.0871. The second kappa shape index (κ2) is 4.99. The van der Waals surface area contributed by atoms with Crippen molar-refractivity contribution in [3.05, 3.63) is 34.3 Å². The standard InChI is InChI=1S/C9H10BrNO2/c1-13-6-11-9(12)7-4-2-3-5-8(7)10/h2-5H,6H2,1H3,(H,11,12). The lowest BCUT2D eigenvalue weighted by Crippen LogP contribution is -2.25. The second-order valence-electron chi connectivity index (χ2n) is 2.42. The van der Waals surface area contributed by atoms with Crippen LogP contribution < -0.4 is 5.32 Å². The summed E-state index contributed by atoms with van der Waals surface area (Å²) in [5.41, 5.74) is 0.611. The Hall–Kier alpha value is -0.870. The molecule has 4 heteroatoms. The topological polar surface area (TPSA) is 38.3 Å². The summed E-state index contributed by atoms with van der Waals surface area (Å²) in [6, 6.07) is 7.24. The van der Waals surface area contributed by atoms with Crippen LogP contribution in [0.3, 0.4) is 0 Å². The quantitative estimate of drug-likeness (QED) is 0.823. The maximum atomic E-state index is 11.4. The molecular formula is C9H10BrNO2. The number of methoxy groups -OCH3 is 1. The zero-order chi connectivity index (χ0) is 9.68. The Labute approximate surface area is 85.2 Å². The van der Waals surface area contributed by atoms with Gasteiger partial charge in [-0.05, 0) is 28.1 Å². The Kier molecular flexibility index (Phi) is 3.92. The third-order valence-corrected chi connectivity index (χ3v) is 2.19. The molecule has 0 aliphatic heterocycles. The summed E-state index contributed by atoms with van der Waals surface area (Å²) in [6.07, 6.45) is 0. The van der Waals surface area contributed by atoms with Gasteiger partial charge in [-0.1, -0.05) is 12.1 Å². The second-order valence-corrected chi connectivity index (χ2v) is 3.27. The molecule has 0 aromatic heterocycles. The van der Waals surface area contributed by atoms with E-state index in [-0.39, 0.29) is 12.6 Å². The summed E-state index contributed by atoms with van der Waals surface area (Å²) in [4.78, 5) is 11.4. The summed E-state index contributed by atoms with van der Waals surface area (Å²) < 4.78 is 5.51. The van der Waals surface area contributed by atoms with Crippen LogP contribution in [0.15, 0.2) is 28.7 Å². The van der Waals surface area contributed by atoms with Crippen LogP contribution in [-0.2, 0) is 4.74 Å². The van der Waals surface area contributed by atoms with Crippen LogP contribution >= 0.6 is 15.9 Å². The number of halogens is 1. The van der Waals surface area contributed by atoms with E-state index < -0.39 is 0 Å². The van der Waals surface area contributed by atoms with Gasteiger partial charge in [-0.15, -0.1) is 0 Å². The Bertz CT molecular complexity index is 301. The van der Waals surface area contributed by atoms with Crippen LogP contribution in [0.25, 0.3) is 0 Å². The highest BCUT2D eigenvalue weighted by atomic mass is 79.9. The van der Waals surface area contributed by atoms with Crippen LogP contribution in [0.2, 0.25) is 0 Å². The maximum absolute atomic E-state index is 11.4. The normalized spacial score (nSPS) is 9.69. The van der Waals surface area contributed by atoms with Gasteiger partial charge >= 0.3 is 0 Å². The highest BCUT2D eigenvalue weighted by Gasteiger charge is 2.07. The van der Waals surface area contributed by atoms with Crippen molar-refractivity contribution in [2.45, 2.75) is 0 Å². The lowest BCUT2D eigenvalue weighted by atomic mass is 10.2. The molecular weight excluding hydrogens is 234 g/mol. The fourth-order valence-electron chi connectivity index (χ4n) is 0.878. The largest absolute Gasteiger partial charge is 0.364 e. The monoisotopic (exact) mass is 243 g/mol. The summed E-state index contributed by atoms with van der Waals surface area (Å²) >= 11 is 3.29. The summed E-state index contributed by atoms with van der Waals surface area (Å²) in [5, 5.41) is 2.60. The summed E-state index contributed by atoms with van der Waals surface area (Å²) in [5.74, 6) is -0.144. The van der Waals surface area contributed by atoms with Gasteiger partial charge in [-0.2, -0.15) is 0 Å². The van der Waals surface area contributed by atoms with Crippen LogP contribution in [0.4, 0.5) is 0 Å². The molecule has 13 heavy (non-hydrogen) atoms. The molecule has 1 aromatic carbocycles. The number of carbonyl (C=O) groups is 1. The molecule has 1 aromatic rings. The Balaban J connectivity index is 2.71. The first kappa shape index (κ1) is 10.2. The molecule has 0 radical (unpaired) electrons. The van der Waals surface area contributed by atoms with Crippen molar-refractivity contribution in [1.29, 1.82) is 0 Å². The van der Waals surface area contributed by atoms with Crippen LogP contribution in [0.1, 0.15) is 10.4 Å². The fourth-order valence-corrected chi connectivity index (χ4v) is 1.34. The van der Waals surface area contributed by atoms with Crippen molar-refractivity contribution in [1.82, 2.24) is 5.32 Å². The fraction of sp³-hybridized carbons (Fsp3) is 0.222. The van der Waals surface area contributed by atoms with Gasteiger partial charge in [0.2, 0.25) is 0 Å². The first-order valence-electron chi connectivity index (χ1n) is 3.77. The Morgan fingerprint density at radius 1 is 1.54 bits per heavy atom. The average Bonchev–Trinajstić information content (AvgIpc) is 2.15.